The first kappa shape index (κ1) is 13.5. The van der Waals surface area contributed by atoms with Crippen LogP contribution < -0.4 is 5.73 Å². The van der Waals surface area contributed by atoms with Gasteiger partial charge < -0.3 is 15.6 Å². The lowest BCUT2D eigenvalue weighted by molar-refractivity contribution is -0.138. The predicted octanol–water partition coefficient (Wildman–Crippen LogP) is 1.07. The predicted molar refractivity (Wildman–Crippen MR) is 56.4 cm³/mol. The molecule has 4 nitrogen and oxygen atoms in total. The Labute approximate surface area is 97.0 Å². The molecule has 17 heavy (non-hydrogen) atoms. The highest BCUT2D eigenvalue weighted by Crippen LogP contribution is 2.17. The van der Waals surface area contributed by atoms with Crippen molar-refractivity contribution in [2.45, 2.75) is 19.1 Å². The van der Waals surface area contributed by atoms with Crippen molar-refractivity contribution < 1.29 is 23.4 Å². The first-order valence-electron chi connectivity index (χ1n) is 4.89. The lowest BCUT2D eigenvalue weighted by Crippen LogP contribution is -2.32. The number of nitrogens with two attached hydrogens (primary N) is 1. The quantitative estimate of drug-likeness (QED) is 0.813. The number of hydrogen-bond donors (Lipinski definition) is 2. The van der Waals surface area contributed by atoms with Gasteiger partial charge in [0.2, 0.25) is 0 Å². The van der Waals surface area contributed by atoms with Gasteiger partial charge in [0.1, 0.15) is 6.04 Å². The van der Waals surface area contributed by atoms with Gasteiger partial charge >= 0.3 is 5.97 Å². The number of rotatable bonds is 5. The average Bonchev–Trinajstić information content (AvgIpc) is 2.25. The van der Waals surface area contributed by atoms with E-state index in [1.54, 1.807) is 0 Å². The van der Waals surface area contributed by atoms with Gasteiger partial charge in [0.05, 0.1) is 6.61 Å². The molecule has 0 saturated carbocycles. The third kappa shape index (κ3) is 3.47. The standard InChI is InChI=1S/C11H13F2NO3/c1-17-5-6-2-7(4-9(14)11(15)16)10(13)8(12)3-6/h2-3,9H,4-5,14H2,1H3,(H,15,16). The van der Waals surface area contributed by atoms with Crippen LogP contribution in [0.5, 0.6) is 0 Å². The summed E-state index contributed by atoms with van der Waals surface area (Å²) in [5.74, 6) is -3.37. The number of carboxylic acids is 1. The van der Waals surface area contributed by atoms with Crippen LogP contribution in [-0.2, 0) is 22.6 Å². The van der Waals surface area contributed by atoms with E-state index in [1.165, 1.54) is 13.2 Å². The third-order valence-corrected chi connectivity index (χ3v) is 2.23. The van der Waals surface area contributed by atoms with Crippen molar-refractivity contribution in [1.29, 1.82) is 0 Å². The Morgan fingerprint density at radius 2 is 2.18 bits per heavy atom. The molecule has 0 fully saturated rings. The summed E-state index contributed by atoms with van der Waals surface area (Å²) in [6.07, 6.45) is -0.268. The Bertz CT molecular complexity index is 423. The zero-order chi connectivity index (χ0) is 13.0. The van der Waals surface area contributed by atoms with Gasteiger partial charge in [0, 0.05) is 13.5 Å². The van der Waals surface area contributed by atoms with Gasteiger partial charge in [-0.3, -0.25) is 4.79 Å². The molecule has 3 N–H and O–H groups in total. The number of hydrogen-bond acceptors (Lipinski definition) is 3. The molecule has 1 unspecified atom stereocenters. The molecule has 0 bridgehead atoms. The fraction of sp³-hybridized carbons (Fsp3) is 0.364. The maximum Gasteiger partial charge on any atom is 0.320 e. The third-order valence-electron chi connectivity index (χ3n) is 2.23. The van der Waals surface area contributed by atoms with E-state index < -0.39 is 23.6 Å². The minimum Gasteiger partial charge on any atom is -0.480 e. The Hall–Kier alpha value is -1.53. The SMILES string of the molecule is COCc1cc(F)c(F)c(CC(N)C(=O)O)c1. The molecule has 0 aliphatic rings. The Morgan fingerprint density at radius 1 is 1.53 bits per heavy atom. The Kier molecular flexibility index (Phi) is 4.53. The van der Waals surface area contributed by atoms with Crippen molar-refractivity contribution in [3.8, 4) is 0 Å². The highest BCUT2D eigenvalue weighted by atomic mass is 19.2. The first-order chi connectivity index (χ1) is 7.95. The summed E-state index contributed by atoms with van der Waals surface area (Å²) in [5.41, 5.74) is 5.64. The van der Waals surface area contributed by atoms with Gasteiger partial charge in [-0.1, -0.05) is 6.07 Å². The van der Waals surface area contributed by atoms with Crippen LogP contribution in [0.4, 0.5) is 8.78 Å². The normalized spacial score (nSPS) is 12.5. The fourth-order valence-electron chi connectivity index (χ4n) is 1.43. The van der Waals surface area contributed by atoms with Crippen LogP contribution in [-0.4, -0.2) is 24.2 Å². The van der Waals surface area contributed by atoms with E-state index >= 15 is 0 Å². The molecular formula is C11H13F2NO3. The molecule has 0 amide bonds. The number of halogens is 2. The molecule has 0 radical (unpaired) electrons. The lowest BCUT2D eigenvalue weighted by atomic mass is 10.0. The topological polar surface area (TPSA) is 72.5 Å². The number of ether oxygens (including phenoxy) is 1. The van der Waals surface area contributed by atoms with Crippen LogP contribution in [0.25, 0.3) is 0 Å². The summed E-state index contributed by atoms with van der Waals surface area (Å²) in [6, 6.07) is 1.10. The van der Waals surface area contributed by atoms with Gasteiger partial charge in [-0.25, -0.2) is 8.78 Å². The molecule has 0 heterocycles. The van der Waals surface area contributed by atoms with Crippen molar-refractivity contribution in [1.82, 2.24) is 0 Å². The van der Waals surface area contributed by atoms with E-state index in [9.17, 15) is 13.6 Å². The zero-order valence-corrected chi connectivity index (χ0v) is 9.24. The molecule has 1 aromatic carbocycles. The first-order valence-corrected chi connectivity index (χ1v) is 4.89. The van der Waals surface area contributed by atoms with Gasteiger partial charge in [-0.2, -0.15) is 0 Å². The number of carbonyl (C=O) groups is 1. The second kappa shape index (κ2) is 5.70. The van der Waals surface area contributed by atoms with Crippen LogP contribution in [0, 0.1) is 11.6 Å². The molecule has 1 atom stereocenters. The molecule has 94 valence electrons. The second-order valence-electron chi connectivity index (χ2n) is 3.63. The minimum atomic E-state index is -1.26. The summed E-state index contributed by atoms with van der Waals surface area (Å²) in [4.78, 5) is 10.5. The lowest BCUT2D eigenvalue weighted by Gasteiger charge is -2.10. The van der Waals surface area contributed by atoms with Crippen molar-refractivity contribution in [2.75, 3.05) is 7.11 Å². The fourth-order valence-corrected chi connectivity index (χ4v) is 1.43. The molecule has 1 aromatic rings. The van der Waals surface area contributed by atoms with Crippen LogP contribution in [0.1, 0.15) is 11.1 Å². The van der Waals surface area contributed by atoms with Crippen LogP contribution in [0.2, 0.25) is 0 Å². The van der Waals surface area contributed by atoms with E-state index in [-0.39, 0.29) is 18.6 Å². The van der Waals surface area contributed by atoms with Crippen molar-refractivity contribution in [3.05, 3.63) is 34.9 Å². The van der Waals surface area contributed by atoms with Crippen molar-refractivity contribution in [3.63, 3.8) is 0 Å². The van der Waals surface area contributed by atoms with Crippen LogP contribution >= 0.6 is 0 Å². The van der Waals surface area contributed by atoms with Crippen molar-refractivity contribution in [2.24, 2.45) is 5.73 Å². The second-order valence-corrected chi connectivity index (χ2v) is 3.63. The number of benzene rings is 1. The average molecular weight is 245 g/mol. The highest BCUT2D eigenvalue weighted by Gasteiger charge is 2.17. The highest BCUT2D eigenvalue weighted by molar-refractivity contribution is 5.73. The maximum atomic E-state index is 13.4. The molecule has 0 spiro atoms. The Balaban J connectivity index is 3.00. The van der Waals surface area contributed by atoms with Gasteiger partial charge in [0.15, 0.2) is 11.6 Å². The van der Waals surface area contributed by atoms with Crippen molar-refractivity contribution >= 4 is 5.97 Å². The smallest absolute Gasteiger partial charge is 0.320 e. The molecule has 0 aliphatic heterocycles. The van der Waals surface area contributed by atoms with Gasteiger partial charge in [0.25, 0.3) is 0 Å². The summed E-state index contributed by atoms with van der Waals surface area (Å²) in [5, 5.41) is 8.61. The largest absolute Gasteiger partial charge is 0.480 e. The monoisotopic (exact) mass is 245 g/mol. The molecule has 1 rings (SSSR count). The molecule has 0 aliphatic carbocycles. The van der Waals surface area contributed by atoms with E-state index in [1.807, 2.05) is 0 Å². The number of aliphatic carboxylic acids is 1. The maximum absolute atomic E-state index is 13.4. The zero-order valence-electron chi connectivity index (χ0n) is 9.24. The van der Waals surface area contributed by atoms with Crippen LogP contribution in [0.3, 0.4) is 0 Å². The van der Waals surface area contributed by atoms with Crippen LogP contribution in [0.15, 0.2) is 12.1 Å². The van der Waals surface area contributed by atoms with E-state index in [0.717, 1.165) is 6.07 Å². The molecular weight excluding hydrogens is 232 g/mol. The van der Waals surface area contributed by atoms with Gasteiger partial charge in [-0.15, -0.1) is 0 Å². The number of carboxylic acid groups (broad SMARTS) is 1. The van der Waals surface area contributed by atoms with Gasteiger partial charge in [-0.05, 0) is 17.2 Å². The summed E-state index contributed by atoms with van der Waals surface area (Å²) in [6.45, 7) is 0.118. The summed E-state index contributed by atoms with van der Waals surface area (Å²) in [7, 11) is 1.42. The summed E-state index contributed by atoms with van der Waals surface area (Å²) >= 11 is 0. The Morgan fingerprint density at radius 3 is 2.71 bits per heavy atom. The molecule has 0 saturated heterocycles. The summed E-state index contributed by atoms with van der Waals surface area (Å²) < 4.78 is 31.4. The van der Waals surface area contributed by atoms with E-state index in [4.69, 9.17) is 15.6 Å². The minimum absolute atomic E-state index is 0.0630. The van der Waals surface area contributed by atoms with E-state index in [2.05, 4.69) is 0 Å². The van der Waals surface area contributed by atoms with E-state index in [0.29, 0.717) is 5.56 Å². The molecule has 6 heteroatoms. The molecule has 0 aromatic heterocycles. The number of methoxy groups -OCH3 is 1.